The van der Waals surface area contributed by atoms with Crippen LogP contribution < -0.4 is 4.74 Å². The topological polar surface area (TPSA) is 32.8 Å². The van der Waals surface area contributed by atoms with Gasteiger partial charge in [-0.2, -0.15) is 0 Å². The first-order valence-corrected chi connectivity index (χ1v) is 8.81. The molecule has 1 amide bonds. The van der Waals surface area contributed by atoms with Gasteiger partial charge in [-0.25, -0.2) is 0 Å². The summed E-state index contributed by atoms with van der Waals surface area (Å²) in [7, 11) is 3.79. The molecule has 1 aromatic carbocycles. The monoisotopic (exact) mass is 326 g/mol. The van der Waals surface area contributed by atoms with Gasteiger partial charge in [0.05, 0.1) is 7.11 Å². The predicted octanol–water partition coefficient (Wildman–Crippen LogP) is 2.38. The van der Waals surface area contributed by atoms with Gasteiger partial charge < -0.3 is 14.5 Å². The van der Waals surface area contributed by atoms with E-state index in [4.69, 9.17) is 4.74 Å². The Morgan fingerprint density at radius 2 is 1.88 bits per heavy atom. The van der Waals surface area contributed by atoms with Crippen molar-refractivity contribution in [1.82, 2.24) is 9.80 Å². The Kier molecular flexibility index (Phi) is 5.42. The van der Waals surface area contributed by atoms with E-state index in [0.29, 0.717) is 12.0 Å². The molecule has 1 heterocycles. The summed E-state index contributed by atoms with van der Waals surface area (Å²) in [5.41, 5.74) is 0.846. The maximum absolute atomic E-state index is 12.7. The molecule has 1 aliphatic heterocycles. The molecule has 1 aromatic rings. The Morgan fingerprint density at radius 1 is 1.21 bits per heavy atom. The van der Waals surface area contributed by atoms with Crippen molar-refractivity contribution in [2.75, 3.05) is 33.8 Å². The van der Waals surface area contributed by atoms with E-state index in [-0.39, 0.29) is 5.91 Å². The van der Waals surface area contributed by atoms with E-state index in [1.807, 2.05) is 29.2 Å². The van der Waals surface area contributed by atoms with Crippen LogP contribution in [0.1, 0.15) is 31.2 Å². The molecular formula is C20H26N2O2. The van der Waals surface area contributed by atoms with Gasteiger partial charge in [-0.05, 0) is 76.0 Å². The highest BCUT2D eigenvalue weighted by Crippen LogP contribution is 2.31. The minimum atomic E-state index is -0.0210. The molecule has 1 saturated carbocycles. The van der Waals surface area contributed by atoms with Crippen LogP contribution in [-0.2, 0) is 4.79 Å². The Labute approximate surface area is 144 Å². The van der Waals surface area contributed by atoms with E-state index >= 15 is 0 Å². The third-order valence-electron chi connectivity index (χ3n) is 4.95. The van der Waals surface area contributed by atoms with Gasteiger partial charge >= 0.3 is 0 Å². The number of ether oxygens (including phenoxy) is 1. The number of carbonyl (C=O) groups excluding carboxylic acids is 1. The van der Waals surface area contributed by atoms with E-state index in [0.717, 1.165) is 43.8 Å². The summed E-state index contributed by atoms with van der Waals surface area (Å²) in [4.78, 5) is 17.1. The highest BCUT2D eigenvalue weighted by atomic mass is 16.5. The average molecular weight is 326 g/mol. The molecular weight excluding hydrogens is 300 g/mol. The smallest absolute Gasteiger partial charge is 0.299 e. The first-order chi connectivity index (χ1) is 11.7. The zero-order valence-electron chi connectivity index (χ0n) is 14.6. The normalized spacial score (nSPS) is 18.6. The molecule has 3 rings (SSSR count). The first-order valence-electron chi connectivity index (χ1n) is 8.81. The van der Waals surface area contributed by atoms with Gasteiger partial charge in [-0.3, -0.25) is 4.79 Å². The highest BCUT2D eigenvalue weighted by Gasteiger charge is 2.31. The van der Waals surface area contributed by atoms with Crippen molar-refractivity contribution in [2.24, 2.45) is 5.92 Å². The number of nitrogens with zero attached hydrogens (tertiary/aromatic N) is 2. The number of benzene rings is 1. The van der Waals surface area contributed by atoms with Crippen LogP contribution in [0.15, 0.2) is 24.3 Å². The van der Waals surface area contributed by atoms with E-state index in [1.54, 1.807) is 7.11 Å². The minimum Gasteiger partial charge on any atom is -0.497 e. The number of amides is 1. The third kappa shape index (κ3) is 4.52. The van der Waals surface area contributed by atoms with Gasteiger partial charge in [0, 0.05) is 24.1 Å². The second-order valence-electron chi connectivity index (χ2n) is 6.91. The summed E-state index contributed by atoms with van der Waals surface area (Å²) in [5.74, 6) is 7.34. The largest absolute Gasteiger partial charge is 0.497 e. The van der Waals surface area contributed by atoms with Gasteiger partial charge in [0.15, 0.2) is 0 Å². The molecule has 4 nitrogen and oxygen atoms in total. The van der Waals surface area contributed by atoms with E-state index in [2.05, 4.69) is 23.8 Å². The van der Waals surface area contributed by atoms with Crippen LogP contribution in [0.4, 0.5) is 0 Å². The Bertz CT molecular complexity index is 617. The number of rotatable bonds is 4. The number of hydrogen-bond donors (Lipinski definition) is 0. The SMILES string of the molecule is COc1ccc(C#CC(=O)N(CC2CC2)C2CCN(C)CC2)cc1. The Hall–Kier alpha value is -1.99. The lowest BCUT2D eigenvalue weighted by Gasteiger charge is -2.36. The van der Waals surface area contributed by atoms with Gasteiger partial charge in [-0.15, -0.1) is 0 Å². The Balaban J connectivity index is 1.67. The molecule has 0 unspecified atom stereocenters. The number of carbonyl (C=O) groups is 1. The summed E-state index contributed by atoms with van der Waals surface area (Å²) >= 11 is 0. The lowest BCUT2D eigenvalue weighted by atomic mass is 10.0. The summed E-state index contributed by atoms with van der Waals surface area (Å²) in [6.07, 6.45) is 4.61. The van der Waals surface area contributed by atoms with Crippen molar-refractivity contribution in [3.8, 4) is 17.6 Å². The maximum atomic E-state index is 12.7. The van der Waals surface area contributed by atoms with E-state index in [1.165, 1.54) is 12.8 Å². The van der Waals surface area contributed by atoms with Gasteiger partial charge in [-0.1, -0.05) is 5.92 Å². The molecule has 0 radical (unpaired) electrons. The fourth-order valence-corrected chi connectivity index (χ4v) is 3.15. The van der Waals surface area contributed by atoms with Gasteiger partial charge in [0.1, 0.15) is 5.75 Å². The van der Waals surface area contributed by atoms with Crippen molar-refractivity contribution < 1.29 is 9.53 Å². The lowest BCUT2D eigenvalue weighted by molar-refractivity contribution is -0.128. The number of hydrogen-bond acceptors (Lipinski definition) is 3. The number of likely N-dealkylation sites (tertiary alicyclic amines) is 1. The average Bonchev–Trinajstić information content (AvgIpc) is 3.43. The van der Waals surface area contributed by atoms with Crippen molar-refractivity contribution in [3.05, 3.63) is 29.8 Å². The summed E-state index contributed by atoms with van der Waals surface area (Å²) in [5, 5.41) is 0. The first kappa shape index (κ1) is 16.9. The molecule has 24 heavy (non-hydrogen) atoms. The number of methoxy groups -OCH3 is 1. The highest BCUT2D eigenvalue weighted by molar-refractivity contribution is 5.94. The molecule has 2 aliphatic rings. The minimum absolute atomic E-state index is 0.0210. The molecule has 0 bridgehead atoms. The summed E-state index contributed by atoms with van der Waals surface area (Å²) < 4.78 is 5.14. The molecule has 0 atom stereocenters. The van der Waals surface area contributed by atoms with Crippen LogP contribution in [0.25, 0.3) is 0 Å². The van der Waals surface area contributed by atoms with Gasteiger partial charge in [0.25, 0.3) is 5.91 Å². The lowest BCUT2D eigenvalue weighted by Crippen LogP contribution is -2.47. The van der Waals surface area contributed by atoms with Gasteiger partial charge in [0.2, 0.25) is 0 Å². The van der Waals surface area contributed by atoms with Crippen molar-refractivity contribution in [2.45, 2.75) is 31.7 Å². The summed E-state index contributed by atoms with van der Waals surface area (Å²) in [6.45, 7) is 3.00. The van der Waals surface area contributed by atoms with E-state index in [9.17, 15) is 4.79 Å². The fraction of sp³-hybridized carbons (Fsp3) is 0.550. The van der Waals surface area contributed by atoms with Crippen LogP contribution in [-0.4, -0.2) is 55.5 Å². The zero-order chi connectivity index (χ0) is 16.9. The van der Waals surface area contributed by atoms with Crippen LogP contribution in [0.2, 0.25) is 0 Å². The molecule has 0 aromatic heterocycles. The standard InChI is InChI=1S/C20H26N2O2/c1-21-13-11-18(12-14-21)22(15-17-3-4-17)20(23)10-7-16-5-8-19(24-2)9-6-16/h5-6,8-9,17-18H,3-4,11-15H2,1-2H3. The fourth-order valence-electron chi connectivity index (χ4n) is 3.15. The van der Waals surface area contributed by atoms with Crippen molar-refractivity contribution in [3.63, 3.8) is 0 Å². The maximum Gasteiger partial charge on any atom is 0.299 e. The van der Waals surface area contributed by atoms with Crippen LogP contribution in [0.3, 0.4) is 0 Å². The van der Waals surface area contributed by atoms with Crippen LogP contribution in [0, 0.1) is 17.8 Å². The van der Waals surface area contributed by atoms with Crippen LogP contribution in [0.5, 0.6) is 5.75 Å². The molecule has 0 spiro atoms. The molecule has 128 valence electrons. The second-order valence-corrected chi connectivity index (χ2v) is 6.91. The quantitative estimate of drug-likeness (QED) is 0.797. The van der Waals surface area contributed by atoms with Crippen LogP contribution >= 0.6 is 0 Å². The summed E-state index contributed by atoms with van der Waals surface area (Å²) in [6, 6.07) is 7.86. The second kappa shape index (κ2) is 7.72. The third-order valence-corrected chi connectivity index (χ3v) is 4.95. The molecule has 1 saturated heterocycles. The van der Waals surface area contributed by atoms with Crippen molar-refractivity contribution >= 4 is 5.91 Å². The molecule has 4 heteroatoms. The Morgan fingerprint density at radius 3 is 2.46 bits per heavy atom. The zero-order valence-corrected chi connectivity index (χ0v) is 14.6. The molecule has 0 N–H and O–H groups in total. The molecule has 1 aliphatic carbocycles. The number of piperidine rings is 1. The molecule has 2 fully saturated rings. The van der Waals surface area contributed by atoms with E-state index < -0.39 is 0 Å². The van der Waals surface area contributed by atoms with Crippen molar-refractivity contribution in [1.29, 1.82) is 0 Å². The predicted molar refractivity (Wildman–Crippen MR) is 94.8 cm³/mol.